The second-order valence-corrected chi connectivity index (χ2v) is 3.57. The minimum Gasteiger partial charge on any atom is -0.495 e. The predicted octanol–water partition coefficient (Wildman–Crippen LogP) is 1.54. The Balaban J connectivity index is 2.91. The summed E-state index contributed by atoms with van der Waals surface area (Å²) in [6.07, 6.45) is 3.44. The summed E-state index contributed by atoms with van der Waals surface area (Å²) in [4.78, 5) is 21.7. The molecule has 18 heavy (non-hydrogen) atoms. The van der Waals surface area contributed by atoms with Gasteiger partial charge in [0.15, 0.2) is 0 Å². The van der Waals surface area contributed by atoms with E-state index in [0.717, 1.165) is 0 Å². The third-order valence-electron chi connectivity index (χ3n) is 2.25. The first-order valence-electron chi connectivity index (χ1n) is 5.37. The molecule has 0 unspecified atom stereocenters. The van der Waals surface area contributed by atoms with E-state index in [-0.39, 0.29) is 11.5 Å². The molecular formula is C13H15NO4. The maximum atomic E-state index is 11.0. The van der Waals surface area contributed by atoms with Gasteiger partial charge in [-0.2, -0.15) is 0 Å². The van der Waals surface area contributed by atoms with Crippen LogP contribution in [-0.4, -0.2) is 30.6 Å². The normalized spacial score (nSPS) is 10.3. The largest absolute Gasteiger partial charge is 0.495 e. The van der Waals surface area contributed by atoms with E-state index in [4.69, 9.17) is 9.84 Å². The predicted molar refractivity (Wildman–Crippen MR) is 67.7 cm³/mol. The smallest absolute Gasteiger partial charge is 0.339 e. The van der Waals surface area contributed by atoms with Crippen LogP contribution in [0, 0.1) is 0 Å². The molecule has 0 fully saturated rings. The fraction of sp³-hybridized carbons (Fsp3) is 0.231. The summed E-state index contributed by atoms with van der Waals surface area (Å²) in [6.45, 7) is 1.81. The van der Waals surface area contributed by atoms with Gasteiger partial charge in [-0.15, -0.1) is 0 Å². The number of hydrogen-bond donors (Lipinski definition) is 2. The molecule has 0 aliphatic heterocycles. The maximum Gasteiger partial charge on any atom is 0.339 e. The molecule has 0 aliphatic rings. The number of hydrogen-bond acceptors (Lipinski definition) is 3. The molecular weight excluding hydrogens is 234 g/mol. The third kappa shape index (κ3) is 3.62. The molecule has 1 aromatic rings. The van der Waals surface area contributed by atoms with Crippen molar-refractivity contribution in [3.05, 3.63) is 35.4 Å². The Morgan fingerprint density at radius 3 is 2.72 bits per heavy atom. The van der Waals surface area contributed by atoms with Gasteiger partial charge < -0.3 is 15.2 Å². The Morgan fingerprint density at radius 2 is 2.17 bits per heavy atom. The summed E-state index contributed by atoms with van der Waals surface area (Å²) in [5, 5.41) is 11.6. The van der Waals surface area contributed by atoms with E-state index in [1.165, 1.54) is 20.1 Å². The highest BCUT2D eigenvalue weighted by Crippen LogP contribution is 2.24. The lowest BCUT2D eigenvalue weighted by molar-refractivity contribution is -0.118. The molecule has 0 bridgehead atoms. The first kappa shape index (κ1) is 13.8. The number of nitrogens with one attached hydrogen (secondary N) is 1. The number of rotatable bonds is 5. The molecule has 0 aromatic heterocycles. The van der Waals surface area contributed by atoms with Crippen LogP contribution in [0.25, 0.3) is 6.08 Å². The Kier molecular flexibility index (Phi) is 4.92. The van der Waals surface area contributed by atoms with Crippen molar-refractivity contribution in [3.63, 3.8) is 0 Å². The summed E-state index contributed by atoms with van der Waals surface area (Å²) < 4.78 is 5.10. The van der Waals surface area contributed by atoms with Crippen molar-refractivity contribution in [2.75, 3.05) is 13.7 Å². The SMILES string of the molecule is COc1c(C=CCNC(C)=O)cccc1C(=O)O. The van der Waals surface area contributed by atoms with Gasteiger partial charge in [0.2, 0.25) is 5.91 Å². The summed E-state index contributed by atoms with van der Waals surface area (Å²) in [7, 11) is 1.42. The highest BCUT2D eigenvalue weighted by Gasteiger charge is 2.12. The molecule has 0 atom stereocenters. The summed E-state index contributed by atoms with van der Waals surface area (Å²) in [5.74, 6) is -0.848. The molecule has 1 rings (SSSR count). The minimum atomic E-state index is -1.04. The van der Waals surface area contributed by atoms with Gasteiger partial charge in [-0.05, 0) is 6.07 Å². The number of carbonyl (C=O) groups excluding carboxylic acids is 1. The quantitative estimate of drug-likeness (QED) is 0.830. The first-order chi connectivity index (χ1) is 8.56. The highest BCUT2D eigenvalue weighted by atomic mass is 16.5. The van der Waals surface area contributed by atoms with Gasteiger partial charge >= 0.3 is 5.97 Å². The van der Waals surface area contributed by atoms with Gasteiger partial charge in [0.25, 0.3) is 0 Å². The van der Waals surface area contributed by atoms with Crippen LogP contribution in [0.5, 0.6) is 5.75 Å². The van der Waals surface area contributed by atoms with E-state index >= 15 is 0 Å². The third-order valence-corrected chi connectivity index (χ3v) is 2.25. The lowest BCUT2D eigenvalue weighted by atomic mass is 10.1. The summed E-state index contributed by atoms with van der Waals surface area (Å²) in [5.41, 5.74) is 0.766. The Morgan fingerprint density at radius 1 is 1.44 bits per heavy atom. The molecule has 0 radical (unpaired) electrons. The molecule has 1 amide bonds. The molecule has 0 spiro atoms. The van der Waals surface area contributed by atoms with Gasteiger partial charge in [-0.25, -0.2) is 4.79 Å². The van der Waals surface area contributed by atoms with E-state index in [1.807, 2.05) is 0 Å². The molecule has 0 saturated heterocycles. The maximum absolute atomic E-state index is 11.0. The van der Waals surface area contributed by atoms with Gasteiger partial charge in [0.05, 0.1) is 7.11 Å². The number of aromatic carboxylic acids is 1. The topological polar surface area (TPSA) is 75.6 Å². The zero-order chi connectivity index (χ0) is 13.5. The molecule has 0 heterocycles. The van der Waals surface area contributed by atoms with Crippen LogP contribution < -0.4 is 10.1 Å². The lowest BCUT2D eigenvalue weighted by Gasteiger charge is -2.08. The minimum absolute atomic E-state index is 0.110. The number of carboxylic acids is 1. The van der Waals surface area contributed by atoms with Crippen molar-refractivity contribution in [1.82, 2.24) is 5.32 Å². The van der Waals surface area contributed by atoms with Crippen LogP contribution in [0.1, 0.15) is 22.8 Å². The zero-order valence-electron chi connectivity index (χ0n) is 10.3. The molecule has 5 nitrogen and oxygen atoms in total. The van der Waals surface area contributed by atoms with Crippen LogP contribution in [0.4, 0.5) is 0 Å². The van der Waals surface area contributed by atoms with E-state index in [2.05, 4.69) is 5.32 Å². The highest BCUT2D eigenvalue weighted by molar-refractivity contribution is 5.92. The van der Waals surface area contributed by atoms with Gasteiger partial charge in [0.1, 0.15) is 11.3 Å². The Labute approximate surface area is 105 Å². The number of carbonyl (C=O) groups is 2. The van der Waals surface area contributed by atoms with Crippen LogP contribution in [0.2, 0.25) is 0 Å². The summed E-state index contributed by atoms with van der Waals surface area (Å²) in [6, 6.07) is 4.87. The first-order valence-corrected chi connectivity index (χ1v) is 5.37. The molecule has 0 aliphatic carbocycles. The van der Waals surface area contributed by atoms with E-state index in [0.29, 0.717) is 17.9 Å². The molecule has 1 aromatic carbocycles. The fourth-order valence-electron chi connectivity index (χ4n) is 1.47. The van der Waals surface area contributed by atoms with Crippen LogP contribution in [0.15, 0.2) is 24.3 Å². The van der Waals surface area contributed by atoms with Crippen molar-refractivity contribution < 1.29 is 19.4 Å². The number of benzene rings is 1. The zero-order valence-corrected chi connectivity index (χ0v) is 10.3. The average Bonchev–Trinajstić information content (AvgIpc) is 2.33. The summed E-state index contributed by atoms with van der Waals surface area (Å²) >= 11 is 0. The van der Waals surface area contributed by atoms with Crippen LogP contribution in [0.3, 0.4) is 0 Å². The average molecular weight is 249 g/mol. The second kappa shape index (κ2) is 6.44. The monoisotopic (exact) mass is 249 g/mol. The second-order valence-electron chi connectivity index (χ2n) is 3.57. The van der Waals surface area contributed by atoms with Gasteiger partial charge in [0, 0.05) is 19.0 Å². The van der Waals surface area contributed by atoms with Crippen molar-refractivity contribution in [1.29, 1.82) is 0 Å². The van der Waals surface area contributed by atoms with E-state index in [1.54, 1.807) is 24.3 Å². The molecule has 5 heteroatoms. The van der Waals surface area contributed by atoms with Crippen LogP contribution in [-0.2, 0) is 4.79 Å². The Hall–Kier alpha value is -2.30. The molecule has 2 N–H and O–H groups in total. The molecule has 0 saturated carbocycles. The number of carboxylic acid groups (broad SMARTS) is 1. The van der Waals surface area contributed by atoms with Gasteiger partial charge in [-0.3, -0.25) is 4.79 Å². The number of methoxy groups -OCH3 is 1. The Bertz CT molecular complexity index is 480. The number of ether oxygens (including phenoxy) is 1. The van der Waals surface area contributed by atoms with Crippen molar-refractivity contribution in [3.8, 4) is 5.75 Å². The number of amides is 1. The standard InChI is InChI=1S/C13H15NO4/c1-9(15)14-8-4-6-10-5-3-7-11(13(16)17)12(10)18-2/h3-7H,8H2,1-2H3,(H,14,15)(H,16,17). The lowest BCUT2D eigenvalue weighted by Crippen LogP contribution is -2.19. The fourth-order valence-corrected chi connectivity index (χ4v) is 1.47. The van der Waals surface area contributed by atoms with Crippen LogP contribution >= 0.6 is 0 Å². The van der Waals surface area contributed by atoms with Gasteiger partial charge in [-0.1, -0.05) is 24.3 Å². The number of para-hydroxylation sites is 1. The molecule has 96 valence electrons. The van der Waals surface area contributed by atoms with Crippen molar-refractivity contribution >= 4 is 18.0 Å². The van der Waals surface area contributed by atoms with Crippen molar-refractivity contribution in [2.45, 2.75) is 6.92 Å². The van der Waals surface area contributed by atoms with Crippen molar-refractivity contribution in [2.24, 2.45) is 0 Å². The van der Waals surface area contributed by atoms with E-state index < -0.39 is 5.97 Å². The van der Waals surface area contributed by atoms with E-state index in [9.17, 15) is 9.59 Å².